The minimum atomic E-state index is -0.430. The zero-order valence-corrected chi connectivity index (χ0v) is 39.6. The number of fused-ring (bicyclic) bond motifs is 11. The lowest BCUT2D eigenvalue weighted by Gasteiger charge is -2.30. The molecule has 0 aliphatic heterocycles. The molecule has 0 amide bonds. The first-order valence-electron chi connectivity index (χ1n) is 25.0. The van der Waals surface area contributed by atoms with Crippen molar-refractivity contribution in [3.8, 4) is 77.9 Å². The molecule has 12 aromatic carbocycles. The topological polar surface area (TPSA) is 3.24 Å². The number of rotatable bonds is 8. The van der Waals surface area contributed by atoms with Crippen molar-refractivity contribution in [3.05, 3.63) is 307 Å². The number of benzene rings is 12. The van der Waals surface area contributed by atoms with E-state index in [2.05, 4.69) is 290 Å². The first-order valence-corrected chi connectivity index (χ1v) is 25.0. The van der Waals surface area contributed by atoms with Crippen LogP contribution in [-0.4, -0.2) is 0 Å². The summed E-state index contributed by atoms with van der Waals surface area (Å²) in [5.74, 6) is 0. The first-order chi connectivity index (χ1) is 35.7. The average molecular weight is 914 g/mol. The Morgan fingerprint density at radius 3 is 1.29 bits per heavy atom. The second-order valence-electron chi connectivity index (χ2n) is 19.1. The molecule has 2 aliphatic rings. The van der Waals surface area contributed by atoms with E-state index in [1.165, 1.54) is 111 Å². The summed E-state index contributed by atoms with van der Waals surface area (Å²) in [5.41, 5.74) is 25.6. The molecule has 72 heavy (non-hydrogen) atoms. The SMILES string of the molecule is c1ccc(-c2ccc(N(c3ccc(-c4cccc(-c5cccc6c5-c5cc(-c7ccccc7)ccc5C65c6ccccc6-c6ccccc65)c4)cc3)c3ccc(-c4cccc5ccccc45)cc3)cc2)cc1. The quantitative estimate of drug-likeness (QED) is 0.147. The van der Waals surface area contributed by atoms with Crippen LogP contribution < -0.4 is 4.90 Å². The van der Waals surface area contributed by atoms with Crippen molar-refractivity contribution in [2.75, 3.05) is 4.90 Å². The van der Waals surface area contributed by atoms with Crippen LogP contribution in [0.5, 0.6) is 0 Å². The van der Waals surface area contributed by atoms with Gasteiger partial charge in [-0.25, -0.2) is 0 Å². The standard InChI is InChI=1S/C71H47N/c1-3-16-48(17-4-1)50-32-39-57(40-33-50)72(59-43-36-53(37-44-59)61-27-14-21-52-20-7-8-24-60(52)61)58-41-34-51(35-42-58)54-22-13-23-56(46-54)62-28-15-31-69-70(62)65-47-55(49-18-5-2-6-19-49)38-45-68(65)71(69)66-29-11-9-25-63(66)64-26-10-12-30-67(64)71/h1-47H. The number of anilines is 3. The van der Waals surface area contributed by atoms with Crippen LogP contribution in [0.25, 0.3) is 88.7 Å². The van der Waals surface area contributed by atoms with Crippen LogP contribution in [0.4, 0.5) is 17.1 Å². The van der Waals surface area contributed by atoms with Crippen LogP contribution in [0.15, 0.2) is 285 Å². The molecule has 1 spiro atoms. The van der Waals surface area contributed by atoms with E-state index in [0.717, 1.165) is 17.1 Å². The fourth-order valence-electron chi connectivity index (χ4n) is 12.1. The van der Waals surface area contributed by atoms with Crippen molar-refractivity contribution in [2.45, 2.75) is 5.41 Å². The number of hydrogen-bond donors (Lipinski definition) is 0. The lowest BCUT2D eigenvalue weighted by Crippen LogP contribution is -2.25. The summed E-state index contributed by atoms with van der Waals surface area (Å²) in [4.78, 5) is 2.37. The van der Waals surface area contributed by atoms with Gasteiger partial charge < -0.3 is 4.90 Å². The van der Waals surface area contributed by atoms with Crippen LogP contribution in [-0.2, 0) is 5.41 Å². The van der Waals surface area contributed by atoms with Crippen molar-refractivity contribution in [1.29, 1.82) is 0 Å². The largest absolute Gasteiger partial charge is 0.311 e. The van der Waals surface area contributed by atoms with E-state index < -0.39 is 5.41 Å². The van der Waals surface area contributed by atoms with E-state index in [4.69, 9.17) is 0 Å². The van der Waals surface area contributed by atoms with Gasteiger partial charge in [-0.3, -0.25) is 0 Å². The molecule has 0 radical (unpaired) electrons. The van der Waals surface area contributed by atoms with Crippen LogP contribution in [0.3, 0.4) is 0 Å². The molecule has 0 bridgehead atoms. The van der Waals surface area contributed by atoms with E-state index in [0.29, 0.717) is 0 Å². The molecule has 0 N–H and O–H groups in total. The minimum Gasteiger partial charge on any atom is -0.311 e. The Morgan fingerprint density at radius 1 is 0.222 bits per heavy atom. The fraction of sp³-hybridized carbons (Fsp3) is 0.0141. The molecule has 336 valence electrons. The average Bonchev–Trinajstić information content (AvgIpc) is 3.93. The highest BCUT2D eigenvalue weighted by atomic mass is 15.1. The zero-order valence-electron chi connectivity index (χ0n) is 39.6. The molecule has 0 atom stereocenters. The second kappa shape index (κ2) is 17.0. The molecule has 0 heterocycles. The highest BCUT2D eigenvalue weighted by molar-refractivity contribution is 6.01. The molecule has 14 rings (SSSR count). The molecule has 12 aromatic rings. The predicted molar refractivity (Wildman–Crippen MR) is 302 cm³/mol. The van der Waals surface area contributed by atoms with E-state index in [-0.39, 0.29) is 0 Å². The summed E-state index contributed by atoms with van der Waals surface area (Å²) in [5, 5.41) is 2.50. The Balaban J connectivity index is 0.866. The summed E-state index contributed by atoms with van der Waals surface area (Å²) in [6.07, 6.45) is 0. The fourth-order valence-corrected chi connectivity index (χ4v) is 12.1. The third kappa shape index (κ3) is 6.63. The highest BCUT2D eigenvalue weighted by Gasteiger charge is 2.52. The van der Waals surface area contributed by atoms with Gasteiger partial charge in [0.1, 0.15) is 0 Å². The van der Waals surface area contributed by atoms with Gasteiger partial charge in [0.15, 0.2) is 0 Å². The molecule has 0 aromatic heterocycles. The van der Waals surface area contributed by atoms with Gasteiger partial charge in [0.05, 0.1) is 5.41 Å². The molecule has 0 fully saturated rings. The van der Waals surface area contributed by atoms with E-state index in [1.807, 2.05) is 0 Å². The van der Waals surface area contributed by atoms with Crippen LogP contribution in [0, 0.1) is 0 Å². The van der Waals surface area contributed by atoms with E-state index >= 15 is 0 Å². The van der Waals surface area contributed by atoms with Gasteiger partial charge in [-0.2, -0.15) is 0 Å². The monoisotopic (exact) mass is 913 g/mol. The summed E-state index contributed by atoms with van der Waals surface area (Å²) in [7, 11) is 0. The molecule has 1 heteroatoms. The lowest BCUT2D eigenvalue weighted by molar-refractivity contribution is 0.794. The third-order valence-corrected chi connectivity index (χ3v) is 15.3. The smallest absolute Gasteiger partial charge is 0.0725 e. The van der Waals surface area contributed by atoms with Crippen molar-refractivity contribution in [1.82, 2.24) is 0 Å². The molecular formula is C71H47N. The van der Waals surface area contributed by atoms with Gasteiger partial charge in [-0.1, -0.05) is 237 Å². The predicted octanol–water partition coefficient (Wildman–Crippen LogP) is 19.0. The maximum atomic E-state index is 2.45. The number of hydrogen-bond acceptors (Lipinski definition) is 1. The Labute approximate surface area is 421 Å². The zero-order chi connectivity index (χ0) is 47.6. The molecule has 0 saturated heterocycles. The summed E-state index contributed by atoms with van der Waals surface area (Å²) in [6.45, 7) is 0. The minimum absolute atomic E-state index is 0.430. The van der Waals surface area contributed by atoms with Crippen molar-refractivity contribution in [2.24, 2.45) is 0 Å². The van der Waals surface area contributed by atoms with Gasteiger partial charge >= 0.3 is 0 Å². The highest BCUT2D eigenvalue weighted by Crippen LogP contribution is 2.64. The van der Waals surface area contributed by atoms with Gasteiger partial charge in [-0.15, -0.1) is 0 Å². The van der Waals surface area contributed by atoms with Gasteiger partial charge in [0.2, 0.25) is 0 Å². The first kappa shape index (κ1) is 41.7. The Morgan fingerprint density at radius 2 is 0.625 bits per heavy atom. The Kier molecular flexibility index (Phi) is 9.82. The van der Waals surface area contributed by atoms with Crippen LogP contribution >= 0.6 is 0 Å². The summed E-state index contributed by atoms with van der Waals surface area (Å²) >= 11 is 0. The summed E-state index contributed by atoms with van der Waals surface area (Å²) < 4.78 is 0. The van der Waals surface area contributed by atoms with Crippen LogP contribution in [0.2, 0.25) is 0 Å². The molecule has 0 saturated carbocycles. The van der Waals surface area contributed by atoms with Gasteiger partial charge in [0.25, 0.3) is 0 Å². The maximum absolute atomic E-state index is 2.45. The molecular weight excluding hydrogens is 867 g/mol. The normalized spacial score (nSPS) is 12.6. The van der Waals surface area contributed by atoms with E-state index in [1.54, 1.807) is 0 Å². The molecule has 2 aliphatic carbocycles. The van der Waals surface area contributed by atoms with Gasteiger partial charge in [-0.05, 0) is 159 Å². The van der Waals surface area contributed by atoms with Gasteiger partial charge in [0, 0.05) is 17.1 Å². The van der Waals surface area contributed by atoms with Crippen LogP contribution in [0.1, 0.15) is 22.3 Å². The van der Waals surface area contributed by atoms with E-state index in [9.17, 15) is 0 Å². The van der Waals surface area contributed by atoms with Crippen molar-refractivity contribution < 1.29 is 0 Å². The third-order valence-electron chi connectivity index (χ3n) is 15.3. The molecule has 0 unspecified atom stereocenters. The maximum Gasteiger partial charge on any atom is 0.0725 e. The second-order valence-corrected chi connectivity index (χ2v) is 19.1. The lowest BCUT2D eigenvalue weighted by atomic mass is 9.70. The number of nitrogens with zero attached hydrogens (tertiary/aromatic N) is 1. The molecule has 1 nitrogen and oxygen atoms in total. The Bertz CT molecular complexity index is 3950. The van der Waals surface area contributed by atoms with Crippen molar-refractivity contribution in [3.63, 3.8) is 0 Å². The Hall–Kier alpha value is -9.30. The van der Waals surface area contributed by atoms with Crippen molar-refractivity contribution >= 4 is 27.8 Å². The summed E-state index contributed by atoms with van der Waals surface area (Å²) in [6, 6.07) is 105.